The molecule has 0 spiro atoms. The molecule has 1 aliphatic rings. The summed E-state index contributed by atoms with van der Waals surface area (Å²) < 4.78 is 0. The Balaban J connectivity index is 1.96. The Morgan fingerprint density at radius 2 is 2.04 bits per heavy atom. The zero-order valence-corrected chi connectivity index (χ0v) is 15.3. The summed E-state index contributed by atoms with van der Waals surface area (Å²) in [5.41, 5.74) is 6.35. The lowest BCUT2D eigenvalue weighted by Gasteiger charge is -2.29. The number of carbonyl (C=O) groups is 2. The molecule has 2 atom stereocenters. The molecule has 1 aromatic carbocycles. The van der Waals surface area contributed by atoms with Crippen LogP contribution < -0.4 is 11.1 Å². The summed E-state index contributed by atoms with van der Waals surface area (Å²) in [4.78, 5) is 25.9. The number of hydrogen-bond acceptors (Lipinski definition) is 4. The van der Waals surface area contributed by atoms with Gasteiger partial charge in [-0.2, -0.15) is 11.8 Å². The predicted molar refractivity (Wildman–Crippen MR) is 100 cm³/mol. The number of hydrogen-bond donors (Lipinski definition) is 2. The second-order valence-corrected chi connectivity index (χ2v) is 7.75. The zero-order chi connectivity index (χ0) is 17.5. The highest BCUT2D eigenvalue weighted by atomic mass is 32.2. The lowest BCUT2D eigenvalue weighted by Crippen LogP contribution is -2.44. The van der Waals surface area contributed by atoms with Crippen molar-refractivity contribution in [1.29, 1.82) is 0 Å². The van der Waals surface area contributed by atoms with E-state index in [0.29, 0.717) is 16.5 Å². The van der Waals surface area contributed by atoms with Crippen molar-refractivity contribution in [2.24, 2.45) is 5.73 Å². The van der Waals surface area contributed by atoms with E-state index in [4.69, 9.17) is 5.73 Å². The lowest BCUT2D eigenvalue weighted by molar-refractivity contribution is -0.120. The maximum absolute atomic E-state index is 12.6. The maximum Gasteiger partial charge on any atom is 0.248 e. The van der Waals surface area contributed by atoms with E-state index < -0.39 is 5.91 Å². The number of carbonyl (C=O) groups excluding carboxylic acids is 2. The molecule has 2 amide bonds. The summed E-state index contributed by atoms with van der Waals surface area (Å²) in [7, 11) is 0. The van der Waals surface area contributed by atoms with Crippen molar-refractivity contribution in [1.82, 2.24) is 4.90 Å². The highest BCUT2D eigenvalue weighted by molar-refractivity contribution is 7.99. The van der Waals surface area contributed by atoms with E-state index >= 15 is 0 Å². The zero-order valence-electron chi connectivity index (χ0n) is 14.5. The Morgan fingerprint density at radius 1 is 1.33 bits per heavy atom. The summed E-state index contributed by atoms with van der Waals surface area (Å²) in [6, 6.07) is 6.51. The van der Waals surface area contributed by atoms with Gasteiger partial charge in [-0.3, -0.25) is 14.5 Å². The second-order valence-electron chi connectivity index (χ2n) is 6.17. The third-order valence-electron chi connectivity index (χ3n) is 4.43. The second kappa shape index (κ2) is 9.08. The minimum atomic E-state index is -0.467. The molecule has 5 nitrogen and oxygen atoms in total. The van der Waals surface area contributed by atoms with Crippen LogP contribution >= 0.6 is 11.8 Å². The number of likely N-dealkylation sites (tertiary alicyclic amines) is 1. The van der Waals surface area contributed by atoms with Crippen molar-refractivity contribution in [3.05, 3.63) is 29.8 Å². The van der Waals surface area contributed by atoms with Gasteiger partial charge in [0.1, 0.15) is 0 Å². The van der Waals surface area contributed by atoms with E-state index in [2.05, 4.69) is 17.1 Å². The third-order valence-corrected chi connectivity index (χ3v) is 5.62. The smallest absolute Gasteiger partial charge is 0.248 e. The molecule has 0 aliphatic carbocycles. The van der Waals surface area contributed by atoms with Crippen molar-refractivity contribution in [3.63, 3.8) is 0 Å². The Bertz CT molecular complexity index is 562. The molecule has 0 radical (unpaired) electrons. The molecule has 0 unspecified atom stereocenters. The maximum atomic E-state index is 12.6. The average Bonchev–Trinajstić information content (AvgIpc) is 2.80. The van der Waals surface area contributed by atoms with Gasteiger partial charge in [0.05, 0.1) is 6.04 Å². The molecule has 1 heterocycles. The monoisotopic (exact) mass is 349 g/mol. The fourth-order valence-electron chi connectivity index (χ4n) is 2.98. The number of benzene rings is 1. The molecule has 0 bridgehead atoms. The number of primary amides is 1. The SMILES string of the molecule is CCS[C@H]1CCCCN([C@H](C)C(=O)Nc2ccc(C(N)=O)cc2)C1. The Labute approximate surface area is 148 Å². The van der Waals surface area contributed by atoms with Crippen LogP contribution in [-0.2, 0) is 4.79 Å². The number of anilines is 1. The molecular weight excluding hydrogens is 322 g/mol. The fraction of sp³-hybridized carbons (Fsp3) is 0.556. The van der Waals surface area contributed by atoms with Crippen LogP contribution in [0.3, 0.4) is 0 Å². The Morgan fingerprint density at radius 3 is 2.67 bits per heavy atom. The van der Waals surface area contributed by atoms with Gasteiger partial charge in [0.25, 0.3) is 0 Å². The van der Waals surface area contributed by atoms with Crippen LogP contribution in [0.5, 0.6) is 0 Å². The molecule has 3 N–H and O–H groups in total. The van der Waals surface area contributed by atoms with E-state index in [9.17, 15) is 9.59 Å². The van der Waals surface area contributed by atoms with E-state index in [1.807, 2.05) is 18.7 Å². The van der Waals surface area contributed by atoms with Crippen LogP contribution in [0.25, 0.3) is 0 Å². The molecule has 1 aliphatic heterocycles. The number of nitrogens with two attached hydrogens (primary N) is 1. The molecule has 0 saturated carbocycles. The van der Waals surface area contributed by atoms with Gasteiger partial charge in [0, 0.05) is 23.0 Å². The van der Waals surface area contributed by atoms with Gasteiger partial charge in [-0.25, -0.2) is 0 Å². The van der Waals surface area contributed by atoms with E-state index in [-0.39, 0.29) is 11.9 Å². The van der Waals surface area contributed by atoms with Crippen molar-refractivity contribution < 1.29 is 9.59 Å². The number of thioether (sulfide) groups is 1. The molecule has 2 rings (SSSR count). The minimum absolute atomic E-state index is 0.0102. The van der Waals surface area contributed by atoms with E-state index in [1.54, 1.807) is 24.3 Å². The number of rotatable bonds is 6. The van der Waals surface area contributed by atoms with Crippen LogP contribution in [0, 0.1) is 0 Å². The summed E-state index contributed by atoms with van der Waals surface area (Å²) >= 11 is 1.99. The van der Waals surface area contributed by atoms with Gasteiger partial charge >= 0.3 is 0 Å². The molecule has 1 aromatic rings. The molecule has 0 aromatic heterocycles. The normalized spacial score (nSPS) is 20.2. The first-order valence-electron chi connectivity index (χ1n) is 8.57. The van der Waals surface area contributed by atoms with Gasteiger partial charge in [-0.05, 0) is 56.3 Å². The van der Waals surface area contributed by atoms with Crippen LogP contribution in [0.1, 0.15) is 43.5 Å². The van der Waals surface area contributed by atoms with Crippen molar-refractivity contribution >= 4 is 29.3 Å². The highest BCUT2D eigenvalue weighted by Crippen LogP contribution is 2.23. The minimum Gasteiger partial charge on any atom is -0.366 e. The quantitative estimate of drug-likeness (QED) is 0.828. The Hall–Kier alpha value is -1.53. The van der Waals surface area contributed by atoms with Crippen LogP contribution in [0.2, 0.25) is 0 Å². The lowest BCUT2D eigenvalue weighted by atomic mass is 10.2. The molecule has 132 valence electrons. The number of amides is 2. The first-order chi connectivity index (χ1) is 11.5. The van der Waals surface area contributed by atoms with Crippen LogP contribution in [-0.4, -0.2) is 46.8 Å². The summed E-state index contributed by atoms with van der Waals surface area (Å²) in [5, 5.41) is 3.55. The van der Waals surface area contributed by atoms with Gasteiger partial charge in [-0.15, -0.1) is 0 Å². The number of nitrogens with one attached hydrogen (secondary N) is 1. The molecule has 6 heteroatoms. The van der Waals surface area contributed by atoms with Gasteiger partial charge in [-0.1, -0.05) is 13.3 Å². The van der Waals surface area contributed by atoms with E-state index in [1.165, 1.54) is 12.8 Å². The van der Waals surface area contributed by atoms with Crippen molar-refractivity contribution in [2.45, 2.75) is 44.4 Å². The fourth-order valence-corrected chi connectivity index (χ4v) is 4.09. The highest BCUT2D eigenvalue weighted by Gasteiger charge is 2.26. The summed E-state index contributed by atoms with van der Waals surface area (Å²) in [6.07, 6.45) is 3.61. The summed E-state index contributed by atoms with van der Waals surface area (Å²) in [5.74, 6) is 0.639. The number of nitrogens with zero attached hydrogens (tertiary/aromatic N) is 1. The first-order valence-corrected chi connectivity index (χ1v) is 9.62. The van der Waals surface area contributed by atoms with Crippen molar-refractivity contribution in [2.75, 3.05) is 24.2 Å². The standard InChI is InChI=1S/C18H27N3O2S/c1-3-24-16-6-4-5-11-21(12-16)13(2)18(23)20-15-9-7-14(8-10-15)17(19)22/h7-10,13,16H,3-6,11-12H2,1-2H3,(H2,19,22)(H,20,23)/t13-,16+/m1/s1. The van der Waals surface area contributed by atoms with Crippen molar-refractivity contribution in [3.8, 4) is 0 Å². The molecule has 1 saturated heterocycles. The van der Waals surface area contributed by atoms with Gasteiger partial charge in [0.15, 0.2) is 0 Å². The molecular formula is C18H27N3O2S. The van der Waals surface area contributed by atoms with Crippen LogP contribution in [0.4, 0.5) is 5.69 Å². The summed E-state index contributed by atoms with van der Waals surface area (Å²) in [6.45, 7) is 6.08. The topological polar surface area (TPSA) is 75.4 Å². The average molecular weight is 350 g/mol. The first kappa shape index (κ1) is 18.8. The largest absolute Gasteiger partial charge is 0.366 e. The molecule has 24 heavy (non-hydrogen) atoms. The predicted octanol–water partition coefficient (Wildman–Crippen LogP) is 2.72. The van der Waals surface area contributed by atoms with Gasteiger partial charge < -0.3 is 11.1 Å². The van der Waals surface area contributed by atoms with Gasteiger partial charge in [0.2, 0.25) is 11.8 Å². The third kappa shape index (κ3) is 5.24. The Kier molecular flexibility index (Phi) is 7.12. The van der Waals surface area contributed by atoms with E-state index in [0.717, 1.165) is 25.3 Å². The molecule has 1 fully saturated rings. The van der Waals surface area contributed by atoms with Crippen LogP contribution in [0.15, 0.2) is 24.3 Å².